The van der Waals surface area contributed by atoms with Crippen molar-refractivity contribution in [2.45, 2.75) is 37.5 Å². The van der Waals surface area contributed by atoms with Gasteiger partial charge in [0.1, 0.15) is 0 Å². The van der Waals surface area contributed by atoms with Crippen molar-refractivity contribution in [3.8, 4) is 0 Å². The van der Waals surface area contributed by atoms with E-state index in [2.05, 4.69) is 12.1 Å². The van der Waals surface area contributed by atoms with Crippen LogP contribution in [0.15, 0.2) is 17.7 Å². The number of thioether (sulfide) groups is 1. The van der Waals surface area contributed by atoms with Crippen molar-refractivity contribution < 1.29 is 0 Å². The van der Waals surface area contributed by atoms with Gasteiger partial charge in [0, 0.05) is 15.5 Å². The van der Waals surface area contributed by atoms with E-state index in [0.717, 1.165) is 0 Å². The number of hydrogen-bond acceptors (Lipinski definition) is 3. The van der Waals surface area contributed by atoms with Crippen LogP contribution < -0.4 is 5.73 Å². The molecule has 0 radical (unpaired) electrons. The van der Waals surface area contributed by atoms with Gasteiger partial charge in [-0.25, -0.2) is 0 Å². The molecule has 0 amide bonds. The normalized spacial score (nSPS) is 21.7. The first-order valence-electron chi connectivity index (χ1n) is 5.98. The molecule has 0 aromatic carbocycles. The molecule has 1 nitrogen and oxygen atoms in total. The van der Waals surface area contributed by atoms with Gasteiger partial charge in [-0.15, -0.1) is 11.3 Å². The Labute approximate surface area is 105 Å². The highest BCUT2D eigenvalue weighted by Gasteiger charge is 2.20. The molecule has 16 heavy (non-hydrogen) atoms. The lowest BCUT2D eigenvalue weighted by Crippen LogP contribution is -2.10. The first kappa shape index (κ1) is 10.9. The average Bonchev–Trinajstić information content (AvgIpc) is 2.97. The third-order valence-electron chi connectivity index (χ3n) is 3.43. The van der Waals surface area contributed by atoms with Crippen molar-refractivity contribution in [3.05, 3.63) is 33.0 Å². The molecule has 0 saturated carbocycles. The second-order valence-electron chi connectivity index (χ2n) is 4.55. The second-order valence-corrected chi connectivity index (χ2v) is 6.82. The zero-order chi connectivity index (χ0) is 11.0. The summed E-state index contributed by atoms with van der Waals surface area (Å²) in [6, 6.07) is 2.54. The molecule has 1 aromatic rings. The Bertz CT molecular complexity index is 396. The Kier molecular flexibility index (Phi) is 3.09. The largest absolute Gasteiger partial charge is 0.320 e. The number of fused-ring (bicyclic) bond motifs is 1. The van der Waals surface area contributed by atoms with Gasteiger partial charge in [-0.05, 0) is 43.1 Å². The molecule has 1 unspecified atom stereocenters. The molecule has 1 aromatic heterocycles. The molecule has 0 saturated heterocycles. The minimum absolute atomic E-state index is 0.183. The molecule has 0 bridgehead atoms. The Morgan fingerprint density at radius 2 is 2.25 bits per heavy atom. The smallest absolute Gasteiger partial charge is 0.0605 e. The lowest BCUT2D eigenvalue weighted by Gasteiger charge is -2.10. The first-order chi connectivity index (χ1) is 7.84. The van der Waals surface area contributed by atoms with Crippen LogP contribution in [0.2, 0.25) is 0 Å². The molecule has 2 aliphatic rings. The molecule has 0 fully saturated rings. The number of thiophene rings is 1. The predicted molar refractivity (Wildman–Crippen MR) is 73.0 cm³/mol. The van der Waals surface area contributed by atoms with Gasteiger partial charge in [0.25, 0.3) is 0 Å². The second kappa shape index (κ2) is 4.55. The van der Waals surface area contributed by atoms with E-state index < -0.39 is 0 Å². The van der Waals surface area contributed by atoms with Crippen molar-refractivity contribution in [1.29, 1.82) is 0 Å². The summed E-state index contributed by atoms with van der Waals surface area (Å²) in [5.74, 6) is 2.47. The van der Waals surface area contributed by atoms with Crippen molar-refractivity contribution >= 4 is 23.1 Å². The molecule has 3 rings (SSSR count). The maximum atomic E-state index is 6.35. The zero-order valence-corrected chi connectivity index (χ0v) is 11.0. The van der Waals surface area contributed by atoms with Gasteiger partial charge in [0.05, 0.1) is 6.04 Å². The minimum Gasteiger partial charge on any atom is -0.320 e. The van der Waals surface area contributed by atoms with E-state index in [9.17, 15) is 0 Å². The maximum absolute atomic E-state index is 6.35. The van der Waals surface area contributed by atoms with Gasteiger partial charge in [-0.3, -0.25) is 0 Å². The van der Waals surface area contributed by atoms with Crippen LogP contribution in [0, 0.1) is 0 Å². The summed E-state index contributed by atoms with van der Waals surface area (Å²) >= 11 is 4.00. The number of nitrogens with two attached hydrogens (primary N) is 1. The number of rotatable bonds is 2. The quantitative estimate of drug-likeness (QED) is 0.812. The SMILES string of the molecule is NC(C1=CCCC1)c1cc2c(s1)CCSC2. The van der Waals surface area contributed by atoms with Crippen molar-refractivity contribution in [3.63, 3.8) is 0 Å². The molecule has 2 N–H and O–H groups in total. The Balaban J connectivity index is 1.85. The fourth-order valence-corrected chi connectivity index (χ4v) is 4.91. The van der Waals surface area contributed by atoms with E-state index in [1.165, 1.54) is 47.6 Å². The predicted octanol–water partition coefficient (Wildman–Crippen LogP) is 3.65. The molecule has 1 atom stereocenters. The van der Waals surface area contributed by atoms with Gasteiger partial charge < -0.3 is 5.73 Å². The van der Waals surface area contributed by atoms with Crippen molar-refractivity contribution in [2.75, 3.05) is 5.75 Å². The summed E-state index contributed by atoms with van der Waals surface area (Å²) in [6.07, 6.45) is 7.32. The number of allylic oxidation sites excluding steroid dienone is 1. The van der Waals surface area contributed by atoms with Crippen LogP contribution in [0.1, 0.15) is 40.6 Å². The van der Waals surface area contributed by atoms with Crippen LogP contribution in [0.25, 0.3) is 0 Å². The molecule has 1 aliphatic carbocycles. The molecular weight excluding hydrogens is 234 g/mol. The fourth-order valence-electron chi connectivity index (χ4n) is 2.48. The van der Waals surface area contributed by atoms with E-state index in [0.29, 0.717) is 0 Å². The third kappa shape index (κ3) is 1.96. The minimum atomic E-state index is 0.183. The van der Waals surface area contributed by atoms with E-state index in [-0.39, 0.29) is 6.04 Å². The van der Waals surface area contributed by atoms with Crippen molar-refractivity contribution in [2.24, 2.45) is 5.73 Å². The van der Waals surface area contributed by atoms with Crippen LogP contribution in [0.5, 0.6) is 0 Å². The van der Waals surface area contributed by atoms with Crippen LogP contribution in [-0.2, 0) is 12.2 Å². The lowest BCUT2D eigenvalue weighted by atomic mass is 10.1. The van der Waals surface area contributed by atoms with Gasteiger partial charge in [-0.2, -0.15) is 11.8 Å². The standard InChI is InChI=1S/C13H17NS2/c14-13(9-3-1-2-4-9)12-7-10-8-15-6-5-11(10)16-12/h3,7,13H,1-2,4-6,8,14H2. The molecular formula is C13H17NS2. The Hall–Kier alpha value is -0.250. The highest BCUT2D eigenvalue weighted by atomic mass is 32.2. The average molecular weight is 251 g/mol. The molecule has 86 valence electrons. The van der Waals surface area contributed by atoms with Gasteiger partial charge in [-0.1, -0.05) is 11.6 Å². The highest BCUT2D eigenvalue weighted by molar-refractivity contribution is 7.98. The van der Waals surface area contributed by atoms with Gasteiger partial charge in [0.15, 0.2) is 0 Å². The Morgan fingerprint density at radius 1 is 1.31 bits per heavy atom. The van der Waals surface area contributed by atoms with E-state index in [1.54, 1.807) is 10.4 Å². The van der Waals surface area contributed by atoms with Crippen molar-refractivity contribution in [1.82, 2.24) is 0 Å². The first-order valence-corrected chi connectivity index (χ1v) is 7.95. The topological polar surface area (TPSA) is 26.0 Å². The molecule has 1 aliphatic heterocycles. The van der Waals surface area contributed by atoms with Crippen LogP contribution in [-0.4, -0.2) is 5.75 Å². The van der Waals surface area contributed by atoms with Crippen LogP contribution in [0.4, 0.5) is 0 Å². The summed E-state index contributed by atoms with van der Waals surface area (Å²) < 4.78 is 0. The van der Waals surface area contributed by atoms with E-state index in [1.807, 2.05) is 23.1 Å². The Morgan fingerprint density at radius 3 is 3.00 bits per heavy atom. The fraction of sp³-hybridized carbons (Fsp3) is 0.538. The summed E-state index contributed by atoms with van der Waals surface area (Å²) in [4.78, 5) is 2.98. The summed E-state index contributed by atoms with van der Waals surface area (Å²) in [5, 5.41) is 0. The number of aryl methyl sites for hydroxylation is 1. The highest BCUT2D eigenvalue weighted by Crippen LogP contribution is 2.37. The van der Waals surface area contributed by atoms with Gasteiger partial charge in [0.2, 0.25) is 0 Å². The molecule has 2 heterocycles. The summed E-state index contributed by atoms with van der Waals surface area (Å²) in [5.41, 5.74) is 9.36. The maximum Gasteiger partial charge on any atom is 0.0605 e. The van der Waals surface area contributed by atoms with Crippen LogP contribution >= 0.6 is 23.1 Å². The number of hydrogen-bond donors (Lipinski definition) is 1. The monoisotopic (exact) mass is 251 g/mol. The third-order valence-corrected chi connectivity index (χ3v) is 5.76. The molecule has 3 heteroatoms. The van der Waals surface area contributed by atoms with E-state index in [4.69, 9.17) is 5.73 Å². The van der Waals surface area contributed by atoms with Crippen LogP contribution in [0.3, 0.4) is 0 Å². The lowest BCUT2D eigenvalue weighted by molar-refractivity contribution is 0.796. The summed E-state index contributed by atoms with van der Waals surface area (Å²) in [7, 11) is 0. The summed E-state index contributed by atoms with van der Waals surface area (Å²) in [6.45, 7) is 0. The van der Waals surface area contributed by atoms with E-state index >= 15 is 0 Å². The zero-order valence-electron chi connectivity index (χ0n) is 9.37. The van der Waals surface area contributed by atoms with Gasteiger partial charge >= 0.3 is 0 Å². The molecule has 0 spiro atoms.